The number of alkyl halides is 3. The third-order valence-corrected chi connectivity index (χ3v) is 2.57. The van der Waals surface area contributed by atoms with Crippen LogP contribution in [-0.4, -0.2) is 29.6 Å². The number of carbonyl (C=O) groups excluding carboxylic acids is 1. The van der Waals surface area contributed by atoms with Gasteiger partial charge in [-0.2, -0.15) is 13.2 Å². The fraction of sp³-hybridized carbons (Fsp3) is 0.385. The van der Waals surface area contributed by atoms with Crippen molar-refractivity contribution in [3.63, 3.8) is 0 Å². The van der Waals surface area contributed by atoms with Gasteiger partial charge in [-0.25, -0.2) is 4.79 Å². The molecule has 5 nitrogen and oxygen atoms in total. The molecule has 0 aliphatic rings. The second-order valence-corrected chi connectivity index (χ2v) is 4.18. The van der Waals surface area contributed by atoms with Crippen LogP contribution < -0.4 is 10.1 Å². The van der Waals surface area contributed by atoms with Crippen molar-refractivity contribution in [3.05, 3.63) is 29.8 Å². The lowest BCUT2D eigenvalue weighted by atomic mass is 10.2. The van der Waals surface area contributed by atoms with Gasteiger partial charge >= 0.3 is 12.1 Å². The summed E-state index contributed by atoms with van der Waals surface area (Å²) in [7, 11) is 0. The Bertz CT molecular complexity index is 516. The van der Waals surface area contributed by atoms with Gasteiger partial charge in [0.2, 0.25) is 0 Å². The van der Waals surface area contributed by atoms with E-state index < -0.39 is 36.3 Å². The summed E-state index contributed by atoms with van der Waals surface area (Å²) in [5.74, 6) is -2.03. The topological polar surface area (TPSA) is 75.6 Å². The minimum Gasteiger partial charge on any atom is -0.484 e. The Hall–Kier alpha value is -2.25. The molecule has 1 atom stereocenters. The van der Waals surface area contributed by atoms with Crippen molar-refractivity contribution >= 4 is 11.9 Å². The van der Waals surface area contributed by atoms with E-state index in [4.69, 9.17) is 9.84 Å². The van der Waals surface area contributed by atoms with Gasteiger partial charge < -0.3 is 15.2 Å². The van der Waals surface area contributed by atoms with Gasteiger partial charge in [0.05, 0.1) is 5.56 Å². The SMILES string of the molecule is CCC(NC(=O)COc1cccc(C(F)(F)F)c1)C(=O)O. The van der Waals surface area contributed by atoms with Gasteiger partial charge in [-0.15, -0.1) is 0 Å². The fourth-order valence-electron chi connectivity index (χ4n) is 1.49. The molecule has 2 N–H and O–H groups in total. The smallest absolute Gasteiger partial charge is 0.416 e. The first-order valence-corrected chi connectivity index (χ1v) is 6.06. The van der Waals surface area contributed by atoms with Crippen LogP contribution in [0.2, 0.25) is 0 Å². The average molecular weight is 305 g/mol. The van der Waals surface area contributed by atoms with Crippen molar-refractivity contribution in [1.29, 1.82) is 0 Å². The largest absolute Gasteiger partial charge is 0.484 e. The first-order valence-electron chi connectivity index (χ1n) is 6.06. The molecule has 0 spiro atoms. The molecule has 0 saturated heterocycles. The number of rotatable bonds is 6. The van der Waals surface area contributed by atoms with E-state index >= 15 is 0 Å². The Morgan fingerprint density at radius 3 is 2.57 bits per heavy atom. The molecule has 0 aliphatic heterocycles. The van der Waals surface area contributed by atoms with Crippen molar-refractivity contribution in [1.82, 2.24) is 5.32 Å². The Morgan fingerprint density at radius 2 is 2.05 bits per heavy atom. The van der Waals surface area contributed by atoms with Crippen LogP contribution in [0.3, 0.4) is 0 Å². The Kier molecular flexibility index (Phi) is 5.57. The zero-order chi connectivity index (χ0) is 16.0. The molecule has 1 unspecified atom stereocenters. The molecule has 8 heteroatoms. The molecular formula is C13H14F3NO4. The van der Waals surface area contributed by atoms with Gasteiger partial charge in [-0.3, -0.25) is 4.79 Å². The summed E-state index contributed by atoms with van der Waals surface area (Å²) in [5.41, 5.74) is -0.891. The minimum atomic E-state index is -4.50. The zero-order valence-corrected chi connectivity index (χ0v) is 11.1. The van der Waals surface area contributed by atoms with Crippen LogP contribution in [0.1, 0.15) is 18.9 Å². The molecule has 116 valence electrons. The quantitative estimate of drug-likeness (QED) is 0.843. The number of aliphatic carboxylic acids is 1. The summed E-state index contributed by atoms with van der Waals surface area (Å²) in [6.07, 6.45) is -4.32. The Morgan fingerprint density at radius 1 is 1.38 bits per heavy atom. The highest BCUT2D eigenvalue weighted by Crippen LogP contribution is 2.31. The van der Waals surface area contributed by atoms with E-state index in [9.17, 15) is 22.8 Å². The molecule has 0 radical (unpaired) electrons. The first kappa shape index (κ1) is 16.8. The molecule has 0 heterocycles. The van der Waals surface area contributed by atoms with Gasteiger partial charge in [0.15, 0.2) is 6.61 Å². The van der Waals surface area contributed by atoms with Gasteiger partial charge in [0.1, 0.15) is 11.8 Å². The van der Waals surface area contributed by atoms with E-state index in [2.05, 4.69) is 5.32 Å². The molecule has 0 saturated carbocycles. The van der Waals surface area contributed by atoms with E-state index in [1.54, 1.807) is 6.92 Å². The summed E-state index contributed by atoms with van der Waals surface area (Å²) in [6, 6.07) is 3.02. The van der Waals surface area contributed by atoms with E-state index in [0.29, 0.717) is 0 Å². The molecule has 0 fully saturated rings. The number of nitrogens with one attached hydrogen (secondary N) is 1. The molecule has 1 amide bonds. The molecule has 1 rings (SSSR count). The summed E-state index contributed by atoms with van der Waals surface area (Å²) in [6.45, 7) is 1.01. The predicted molar refractivity (Wildman–Crippen MR) is 66.8 cm³/mol. The number of carboxylic acids is 1. The van der Waals surface area contributed by atoms with Crippen LogP contribution in [0.25, 0.3) is 0 Å². The predicted octanol–water partition coefficient (Wildman–Crippen LogP) is 2.06. The third kappa shape index (κ3) is 5.33. The van der Waals surface area contributed by atoms with Crippen LogP contribution in [0.4, 0.5) is 13.2 Å². The molecule has 0 aliphatic carbocycles. The van der Waals surface area contributed by atoms with E-state index in [1.165, 1.54) is 6.07 Å². The maximum absolute atomic E-state index is 12.5. The molecule has 0 bridgehead atoms. The Balaban J connectivity index is 2.59. The summed E-state index contributed by atoms with van der Waals surface area (Å²) >= 11 is 0. The molecular weight excluding hydrogens is 291 g/mol. The van der Waals surface area contributed by atoms with Gasteiger partial charge in [0.25, 0.3) is 5.91 Å². The summed E-state index contributed by atoms with van der Waals surface area (Å²) in [4.78, 5) is 22.2. The number of halogens is 3. The number of amides is 1. The van der Waals surface area contributed by atoms with E-state index in [-0.39, 0.29) is 12.2 Å². The zero-order valence-electron chi connectivity index (χ0n) is 11.1. The molecule has 0 aromatic heterocycles. The fourth-order valence-corrected chi connectivity index (χ4v) is 1.49. The minimum absolute atomic E-state index is 0.122. The molecule has 1 aromatic rings. The molecule has 1 aromatic carbocycles. The monoisotopic (exact) mass is 305 g/mol. The Labute approximate surface area is 118 Å². The summed E-state index contributed by atoms with van der Waals surface area (Å²) in [5, 5.41) is 10.9. The van der Waals surface area contributed by atoms with E-state index in [1.807, 2.05) is 0 Å². The number of hydrogen-bond donors (Lipinski definition) is 2. The van der Waals surface area contributed by atoms with Gasteiger partial charge in [0, 0.05) is 0 Å². The number of carboxylic acid groups (broad SMARTS) is 1. The van der Waals surface area contributed by atoms with Gasteiger partial charge in [-0.05, 0) is 24.6 Å². The van der Waals surface area contributed by atoms with Crippen LogP contribution in [-0.2, 0) is 15.8 Å². The normalized spacial score (nSPS) is 12.6. The van der Waals surface area contributed by atoms with Crippen LogP contribution in [0.5, 0.6) is 5.75 Å². The van der Waals surface area contributed by atoms with Crippen molar-refractivity contribution < 1.29 is 32.6 Å². The van der Waals surface area contributed by atoms with E-state index in [0.717, 1.165) is 18.2 Å². The van der Waals surface area contributed by atoms with Crippen LogP contribution >= 0.6 is 0 Å². The standard InChI is InChI=1S/C13H14F3NO4/c1-2-10(12(19)20)17-11(18)7-21-9-5-3-4-8(6-9)13(14,15)16/h3-6,10H,2,7H2,1H3,(H,17,18)(H,19,20). The third-order valence-electron chi connectivity index (χ3n) is 2.57. The van der Waals surface area contributed by atoms with Crippen molar-refractivity contribution in [2.75, 3.05) is 6.61 Å². The van der Waals surface area contributed by atoms with Crippen molar-refractivity contribution in [3.8, 4) is 5.75 Å². The number of carbonyl (C=O) groups is 2. The summed E-state index contributed by atoms with van der Waals surface area (Å²) < 4.78 is 42.3. The first-order chi connectivity index (χ1) is 9.74. The highest BCUT2D eigenvalue weighted by molar-refractivity contribution is 5.84. The van der Waals surface area contributed by atoms with Gasteiger partial charge in [-0.1, -0.05) is 13.0 Å². The van der Waals surface area contributed by atoms with Crippen molar-refractivity contribution in [2.45, 2.75) is 25.6 Å². The lowest BCUT2D eigenvalue weighted by Gasteiger charge is -2.13. The second-order valence-electron chi connectivity index (χ2n) is 4.18. The highest BCUT2D eigenvalue weighted by atomic mass is 19.4. The maximum Gasteiger partial charge on any atom is 0.416 e. The number of benzene rings is 1. The van der Waals surface area contributed by atoms with Crippen molar-refractivity contribution in [2.24, 2.45) is 0 Å². The molecule has 21 heavy (non-hydrogen) atoms. The number of ether oxygens (including phenoxy) is 1. The van der Waals surface area contributed by atoms with Crippen LogP contribution in [0.15, 0.2) is 24.3 Å². The van der Waals surface area contributed by atoms with Crippen LogP contribution in [0, 0.1) is 0 Å². The maximum atomic E-state index is 12.5. The lowest BCUT2D eigenvalue weighted by Crippen LogP contribution is -2.42. The highest BCUT2D eigenvalue weighted by Gasteiger charge is 2.30. The second kappa shape index (κ2) is 6.96. The average Bonchev–Trinajstić information content (AvgIpc) is 2.41. The number of hydrogen-bond acceptors (Lipinski definition) is 3. The lowest BCUT2D eigenvalue weighted by molar-refractivity contribution is -0.142.